The lowest BCUT2D eigenvalue weighted by Gasteiger charge is -2.08. The van der Waals surface area contributed by atoms with Gasteiger partial charge in [0, 0.05) is 29.2 Å². The molecule has 0 aliphatic carbocycles. The molecule has 2 aromatic carbocycles. The van der Waals surface area contributed by atoms with E-state index in [0.29, 0.717) is 5.56 Å². The van der Waals surface area contributed by atoms with Crippen molar-refractivity contribution in [1.29, 1.82) is 5.26 Å². The largest absolute Gasteiger partial charge is 0.376 e. The van der Waals surface area contributed by atoms with Crippen LogP contribution in [-0.2, 0) is 4.79 Å². The van der Waals surface area contributed by atoms with Gasteiger partial charge in [-0.05, 0) is 41.8 Å². The molecular weight excluding hydrogens is 288 g/mol. The Kier molecular flexibility index (Phi) is 4.16. The van der Waals surface area contributed by atoms with E-state index in [2.05, 4.69) is 21.7 Å². The molecule has 1 amide bonds. The Morgan fingerprint density at radius 2 is 2.00 bits per heavy atom. The van der Waals surface area contributed by atoms with Gasteiger partial charge in [-0.3, -0.25) is 9.78 Å². The van der Waals surface area contributed by atoms with Gasteiger partial charge in [-0.1, -0.05) is 12.1 Å². The number of amides is 1. The highest BCUT2D eigenvalue weighted by Gasteiger charge is 2.04. The summed E-state index contributed by atoms with van der Waals surface area (Å²) in [5, 5.41) is 16.8. The fourth-order valence-corrected chi connectivity index (χ4v) is 2.25. The van der Waals surface area contributed by atoms with Crippen LogP contribution in [0.1, 0.15) is 5.56 Å². The van der Waals surface area contributed by atoms with Gasteiger partial charge in [0.1, 0.15) is 0 Å². The maximum Gasteiger partial charge on any atom is 0.243 e. The van der Waals surface area contributed by atoms with Crippen LogP contribution in [0.5, 0.6) is 0 Å². The third-order valence-corrected chi connectivity index (χ3v) is 3.37. The molecule has 0 aliphatic rings. The van der Waals surface area contributed by atoms with Crippen molar-refractivity contribution in [3.8, 4) is 6.07 Å². The first-order valence-corrected chi connectivity index (χ1v) is 7.12. The summed E-state index contributed by atoms with van der Waals surface area (Å²) in [4.78, 5) is 16.1. The molecule has 0 saturated carbocycles. The van der Waals surface area contributed by atoms with Crippen LogP contribution < -0.4 is 10.6 Å². The van der Waals surface area contributed by atoms with Gasteiger partial charge in [-0.2, -0.15) is 5.26 Å². The van der Waals surface area contributed by atoms with E-state index in [1.54, 1.807) is 30.6 Å². The average molecular weight is 302 g/mol. The number of nitrogens with zero attached hydrogens (tertiary/aromatic N) is 2. The number of anilines is 2. The number of pyridine rings is 1. The number of aromatic nitrogens is 1. The lowest BCUT2D eigenvalue weighted by molar-refractivity contribution is -0.114. The molecule has 0 unspecified atom stereocenters. The van der Waals surface area contributed by atoms with Gasteiger partial charge in [0.15, 0.2) is 0 Å². The fraction of sp³-hybridized carbons (Fsp3) is 0.0556. The normalized spacial score (nSPS) is 10.0. The Bertz CT molecular complexity index is 899. The number of fused-ring (bicyclic) bond motifs is 1. The van der Waals surface area contributed by atoms with E-state index in [4.69, 9.17) is 5.26 Å². The van der Waals surface area contributed by atoms with Crippen LogP contribution in [0, 0.1) is 11.3 Å². The van der Waals surface area contributed by atoms with E-state index < -0.39 is 0 Å². The summed E-state index contributed by atoms with van der Waals surface area (Å²) in [6, 6.07) is 16.7. The molecule has 0 atom stereocenters. The third-order valence-electron chi connectivity index (χ3n) is 3.37. The van der Waals surface area contributed by atoms with E-state index >= 15 is 0 Å². The first-order chi connectivity index (χ1) is 11.2. The van der Waals surface area contributed by atoms with Crippen molar-refractivity contribution in [2.24, 2.45) is 0 Å². The number of benzene rings is 2. The van der Waals surface area contributed by atoms with Crippen LogP contribution in [-0.4, -0.2) is 17.4 Å². The molecule has 23 heavy (non-hydrogen) atoms. The molecule has 0 saturated heterocycles. The zero-order chi connectivity index (χ0) is 16.1. The standard InChI is InChI=1S/C18H14N4O/c19-10-13-2-1-3-16(8-13)21-12-18(23)22-17-5-4-15-11-20-7-6-14(15)9-17/h1-9,11,21H,12H2,(H,22,23). The Morgan fingerprint density at radius 1 is 1.09 bits per heavy atom. The predicted molar refractivity (Wildman–Crippen MR) is 90.0 cm³/mol. The Hall–Kier alpha value is -3.39. The lowest BCUT2D eigenvalue weighted by Crippen LogP contribution is -2.21. The summed E-state index contributed by atoms with van der Waals surface area (Å²) < 4.78 is 0. The van der Waals surface area contributed by atoms with Crippen molar-refractivity contribution in [3.05, 3.63) is 66.5 Å². The molecule has 2 N–H and O–H groups in total. The minimum Gasteiger partial charge on any atom is -0.376 e. The van der Waals surface area contributed by atoms with Crippen LogP contribution in [0.2, 0.25) is 0 Å². The zero-order valence-corrected chi connectivity index (χ0v) is 12.3. The average Bonchev–Trinajstić information content (AvgIpc) is 2.60. The minimum absolute atomic E-state index is 0.128. The van der Waals surface area contributed by atoms with Crippen LogP contribution in [0.15, 0.2) is 60.9 Å². The second kappa shape index (κ2) is 6.58. The molecule has 112 valence electrons. The number of carbonyl (C=O) groups is 1. The number of hydrogen-bond donors (Lipinski definition) is 2. The third kappa shape index (κ3) is 3.63. The summed E-state index contributed by atoms with van der Waals surface area (Å²) in [5.74, 6) is -0.152. The van der Waals surface area contributed by atoms with E-state index in [1.807, 2.05) is 30.3 Å². The van der Waals surface area contributed by atoms with E-state index in [9.17, 15) is 4.79 Å². The van der Waals surface area contributed by atoms with Crippen LogP contribution in [0.25, 0.3) is 10.8 Å². The van der Waals surface area contributed by atoms with Crippen LogP contribution in [0.3, 0.4) is 0 Å². The van der Waals surface area contributed by atoms with Crippen molar-refractivity contribution < 1.29 is 4.79 Å². The van der Waals surface area contributed by atoms with E-state index in [1.165, 1.54) is 0 Å². The molecule has 0 aliphatic heterocycles. The van der Waals surface area contributed by atoms with Crippen molar-refractivity contribution in [2.75, 3.05) is 17.2 Å². The van der Waals surface area contributed by atoms with Crippen molar-refractivity contribution >= 4 is 28.1 Å². The topological polar surface area (TPSA) is 77.8 Å². The van der Waals surface area contributed by atoms with E-state index in [0.717, 1.165) is 22.1 Å². The summed E-state index contributed by atoms with van der Waals surface area (Å²) in [6.07, 6.45) is 3.50. The summed E-state index contributed by atoms with van der Waals surface area (Å²) >= 11 is 0. The number of carbonyl (C=O) groups excluding carboxylic acids is 1. The van der Waals surface area contributed by atoms with Crippen LogP contribution >= 0.6 is 0 Å². The quantitative estimate of drug-likeness (QED) is 0.776. The highest BCUT2D eigenvalue weighted by molar-refractivity contribution is 5.96. The number of rotatable bonds is 4. The molecule has 1 aromatic heterocycles. The predicted octanol–water partition coefficient (Wildman–Crippen LogP) is 3.16. The minimum atomic E-state index is -0.152. The van der Waals surface area contributed by atoms with E-state index in [-0.39, 0.29) is 12.5 Å². The summed E-state index contributed by atoms with van der Waals surface area (Å²) in [7, 11) is 0. The first-order valence-electron chi connectivity index (χ1n) is 7.12. The SMILES string of the molecule is N#Cc1cccc(NCC(=O)Nc2ccc3cnccc3c2)c1. The molecule has 0 fully saturated rings. The lowest BCUT2D eigenvalue weighted by atomic mass is 10.1. The Labute approximate surface area is 133 Å². The highest BCUT2D eigenvalue weighted by atomic mass is 16.1. The zero-order valence-electron chi connectivity index (χ0n) is 12.3. The van der Waals surface area contributed by atoms with Gasteiger partial charge in [-0.15, -0.1) is 0 Å². The fourth-order valence-electron chi connectivity index (χ4n) is 2.25. The van der Waals surface area contributed by atoms with Crippen LogP contribution in [0.4, 0.5) is 11.4 Å². The summed E-state index contributed by atoms with van der Waals surface area (Å²) in [5.41, 5.74) is 2.03. The second-order valence-electron chi connectivity index (χ2n) is 5.03. The Morgan fingerprint density at radius 3 is 2.87 bits per heavy atom. The van der Waals surface area contributed by atoms with Gasteiger partial charge < -0.3 is 10.6 Å². The molecule has 5 nitrogen and oxygen atoms in total. The molecular formula is C18H14N4O. The monoisotopic (exact) mass is 302 g/mol. The molecule has 1 heterocycles. The number of hydrogen-bond acceptors (Lipinski definition) is 4. The number of nitriles is 1. The number of nitrogens with one attached hydrogen (secondary N) is 2. The molecule has 3 rings (SSSR count). The maximum atomic E-state index is 12.0. The Balaban J connectivity index is 1.63. The second-order valence-corrected chi connectivity index (χ2v) is 5.03. The smallest absolute Gasteiger partial charge is 0.243 e. The summed E-state index contributed by atoms with van der Waals surface area (Å²) in [6.45, 7) is 0.128. The van der Waals surface area contributed by atoms with Gasteiger partial charge in [-0.25, -0.2) is 0 Å². The highest BCUT2D eigenvalue weighted by Crippen LogP contribution is 2.18. The van der Waals surface area contributed by atoms with Crippen molar-refractivity contribution in [3.63, 3.8) is 0 Å². The molecule has 5 heteroatoms. The molecule has 3 aromatic rings. The van der Waals surface area contributed by atoms with Crippen molar-refractivity contribution in [1.82, 2.24) is 4.98 Å². The van der Waals surface area contributed by atoms with Gasteiger partial charge >= 0.3 is 0 Å². The van der Waals surface area contributed by atoms with Gasteiger partial charge in [0.25, 0.3) is 0 Å². The first kappa shape index (κ1) is 14.5. The molecule has 0 bridgehead atoms. The maximum absolute atomic E-state index is 12.0. The van der Waals surface area contributed by atoms with Gasteiger partial charge in [0.2, 0.25) is 5.91 Å². The molecule has 0 radical (unpaired) electrons. The molecule has 0 spiro atoms. The van der Waals surface area contributed by atoms with Gasteiger partial charge in [0.05, 0.1) is 18.2 Å². The van der Waals surface area contributed by atoms with Crippen molar-refractivity contribution in [2.45, 2.75) is 0 Å².